The van der Waals surface area contributed by atoms with Crippen LogP contribution in [0.25, 0.3) is 22.2 Å². The molecular formula is C20H27N5. The van der Waals surface area contributed by atoms with Crippen LogP contribution in [0.2, 0.25) is 0 Å². The number of hydrogen-bond donors (Lipinski definition) is 2. The second-order valence-corrected chi connectivity index (χ2v) is 7.64. The van der Waals surface area contributed by atoms with Gasteiger partial charge in [-0.3, -0.25) is 4.68 Å². The minimum atomic E-state index is 0.571. The Bertz CT molecular complexity index is 852. The summed E-state index contributed by atoms with van der Waals surface area (Å²) in [6, 6.07) is 3.58. The molecule has 0 spiro atoms. The Morgan fingerprint density at radius 1 is 1.20 bits per heavy atom. The largest absolute Gasteiger partial charge is 0.346 e. The Balaban J connectivity index is 1.57. The van der Waals surface area contributed by atoms with Gasteiger partial charge in [-0.2, -0.15) is 5.10 Å². The maximum absolute atomic E-state index is 4.68. The summed E-state index contributed by atoms with van der Waals surface area (Å²) < 4.78 is 1.84. The fourth-order valence-corrected chi connectivity index (χ4v) is 4.11. The van der Waals surface area contributed by atoms with Crippen LogP contribution < -0.4 is 5.32 Å². The molecule has 0 aliphatic heterocycles. The molecule has 0 atom stereocenters. The number of aromatic nitrogens is 4. The van der Waals surface area contributed by atoms with Crippen LogP contribution in [0, 0.1) is 0 Å². The van der Waals surface area contributed by atoms with Crippen molar-refractivity contribution in [1.82, 2.24) is 25.1 Å². The van der Waals surface area contributed by atoms with Crippen molar-refractivity contribution in [1.29, 1.82) is 0 Å². The number of nitrogens with one attached hydrogen (secondary N) is 2. The van der Waals surface area contributed by atoms with Gasteiger partial charge < -0.3 is 10.3 Å². The Kier molecular flexibility index (Phi) is 4.34. The molecule has 0 radical (unpaired) electrons. The van der Waals surface area contributed by atoms with E-state index in [9.17, 15) is 0 Å². The van der Waals surface area contributed by atoms with Gasteiger partial charge >= 0.3 is 0 Å². The van der Waals surface area contributed by atoms with E-state index in [-0.39, 0.29) is 0 Å². The number of H-pyrrole nitrogens is 1. The van der Waals surface area contributed by atoms with Gasteiger partial charge in [-0.25, -0.2) is 4.98 Å². The van der Waals surface area contributed by atoms with Crippen LogP contribution in [0.15, 0.2) is 30.9 Å². The summed E-state index contributed by atoms with van der Waals surface area (Å²) in [4.78, 5) is 7.97. The summed E-state index contributed by atoms with van der Waals surface area (Å²) in [7, 11) is 1.95. The fraction of sp³-hybridized carbons (Fsp3) is 0.500. The number of fused-ring (bicyclic) bond motifs is 1. The molecule has 5 heteroatoms. The second kappa shape index (κ2) is 6.64. The van der Waals surface area contributed by atoms with E-state index in [1.165, 1.54) is 42.2 Å². The van der Waals surface area contributed by atoms with Crippen LogP contribution >= 0.6 is 0 Å². The van der Waals surface area contributed by atoms with Gasteiger partial charge in [-0.15, -0.1) is 0 Å². The van der Waals surface area contributed by atoms with Crippen molar-refractivity contribution >= 4 is 11.0 Å². The molecule has 3 heterocycles. The number of pyridine rings is 1. The van der Waals surface area contributed by atoms with E-state index >= 15 is 0 Å². The topological polar surface area (TPSA) is 58.5 Å². The zero-order chi connectivity index (χ0) is 17.4. The van der Waals surface area contributed by atoms with E-state index in [2.05, 4.69) is 52.7 Å². The maximum atomic E-state index is 4.68. The van der Waals surface area contributed by atoms with Crippen LogP contribution in [-0.4, -0.2) is 31.8 Å². The number of rotatable bonds is 4. The normalized spacial score (nSPS) is 21.3. The highest BCUT2D eigenvalue weighted by Crippen LogP contribution is 2.35. The molecule has 0 unspecified atom stereocenters. The molecular weight excluding hydrogens is 310 g/mol. The van der Waals surface area contributed by atoms with Gasteiger partial charge in [0.25, 0.3) is 0 Å². The summed E-state index contributed by atoms with van der Waals surface area (Å²) >= 11 is 0. The number of nitrogens with zero attached hydrogens (tertiary/aromatic N) is 3. The van der Waals surface area contributed by atoms with Crippen molar-refractivity contribution in [2.24, 2.45) is 7.05 Å². The smallest absolute Gasteiger partial charge is 0.137 e. The first kappa shape index (κ1) is 16.3. The highest BCUT2D eigenvalue weighted by atomic mass is 15.2. The van der Waals surface area contributed by atoms with Crippen LogP contribution in [0.1, 0.15) is 51.0 Å². The molecule has 5 nitrogen and oxygen atoms in total. The first-order chi connectivity index (χ1) is 12.1. The van der Waals surface area contributed by atoms with E-state index in [1.807, 2.05) is 24.1 Å². The average molecular weight is 337 g/mol. The molecule has 25 heavy (non-hydrogen) atoms. The van der Waals surface area contributed by atoms with Crippen molar-refractivity contribution in [3.63, 3.8) is 0 Å². The monoisotopic (exact) mass is 337 g/mol. The molecule has 2 N–H and O–H groups in total. The van der Waals surface area contributed by atoms with Gasteiger partial charge in [0.1, 0.15) is 5.65 Å². The van der Waals surface area contributed by atoms with Gasteiger partial charge in [0, 0.05) is 54.2 Å². The summed E-state index contributed by atoms with van der Waals surface area (Å²) in [5.41, 5.74) is 4.66. The molecule has 3 aromatic rings. The molecule has 0 aromatic carbocycles. The zero-order valence-corrected chi connectivity index (χ0v) is 15.3. The first-order valence-corrected chi connectivity index (χ1v) is 9.32. The molecule has 1 aliphatic rings. The molecule has 3 aromatic heterocycles. The lowest BCUT2D eigenvalue weighted by atomic mass is 9.82. The third kappa shape index (κ3) is 3.33. The van der Waals surface area contributed by atoms with Crippen molar-refractivity contribution in [2.75, 3.05) is 0 Å². The third-order valence-corrected chi connectivity index (χ3v) is 5.34. The molecule has 0 bridgehead atoms. The van der Waals surface area contributed by atoms with E-state index in [1.54, 1.807) is 0 Å². The minimum Gasteiger partial charge on any atom is -0.346 e. The first-order valence-electron chi connectivity index (χ1n) is 9.32. The van der Waals surface area contributed by atoms with Crippen LogP contribution in [-0.2, 0) is 7.05 Å². The molecule has 0 amide bonds. The van der Waals surface area contributed by atoms with Gasteiger partial charge in [0.2, 0.25) is 0 Å². The standard InChI is InChI=1S/C20H27N5/c1-13(2)24-17-6-4-14(5-7-17)15-8-18-19(11-22-20(18)21-9-15)16-10-23-25(3)12-16/h8-14,17,24H,4-7H2,1-3H3,(H,21,22)/t14-,17+. The van der Waals surface area contributed by atoms with Crippen LogP contribution in [0.3, 0.4) is 0 Å². The quantitative estimate of drug-likeness (QED) is 0.757. The molecule has 1 aliphatic carbocycles. The van der Waals surface area contributed by atoms with Gasteiger partial charge in [0.15, 0.2) is 0 Å². The number of hydrogen-bond acceptors (Lipinski definition) is 3. The fourth-order valence-electron chi connectivity index (χ4n) is 4.11. The van der Waals surface area contributed by atoms with E-state index in [4.69, 9.17) is 0 Å². The highest BCUT2D eigenvalue weighted by molar-refractivity contribution is 5.93. The summed E-state index contributed by atoms with van der Waals surface area (Å²) in [5, 5.41) is 9.18. The lowest BCUT2D eigenvalue weighted by Gasteiger charge is -2.30. The zero-order valence-electron chi connectivity index (χ0n) is 15.3. The molecule has 132 valence electrons. The Morgan fingerprint density at radius 2 is 2.00 bits per heavy atom. The van der Waals surface area contributed by atoms with E-state index in [0.29, 0.717) is 18.0 Å². The molecule has 4 rings (SSSR count). The van der Waals surface area contributed by atoms with Crippen molar-refractivity contribution < 1.29 is 0 Å². The summed E-state index contributed by atoms with van der Waals surface area (Å²) in [6.07, 6.45) is 13.1. The van der Waals surface area contributed by atoms with Crippen molar-refractivity contribution in [2.45, 2.75) is 57.5 Å². The third-order valence-electron chi connectivity index (χ3n) is 5.34. The molecule has 1 fully saturated rings. The summed E-state index contributed by atoms with van der Waals surface area (Å²) in [5.74, 6) is 0.624. The van der Waals surface area contributed by atoms with Crippen LogP contribution in [0.5, 0.6) is 0 Å². The second-order valence-electron chi connectivity index (χ2n) is 7.64. The summed E-state index contributed by atoms with van der Waals surface area (Å²) in [6.45, 7) is 4.46. The lowest BCUT2D eigenvalue weighted by Crippen LogP contribution is -2.37. The predicted octanol–water partition coefficient (Wildman–Crippen LogP) is 3.99. The maximum Gasteiger partial charge on any atom is 0.137 e. The van der Waals surface area contributed by atoms with Crippen LogP contribution in [0.4, 0.5) is 0 Å². The SMILES string of the molecule is CC(C)N[C@H]1CC[C@@H](c2cnc3[nH]cc(-c4cnn(C)c4)c3c2)CC1. The van der Waals surface area contributed by atoms with Gasteiger partial charge in [0.05, 0.1) is 6.20 Å². The van der Waals surface area contributed by atoms with Gasteiger partial charge in [-0.05, 0) is 43.2 Å². The average Bonchev–Trinajstić information content (AvgIpc) is 3.20. The molecule has 1 saturated carbocycles. The number of aromatic amines is 1. The van der Waals surface area contributed by atoms with Gasteiger partial charge in [-0.1, -0.05) is 13.8 Å². The van der Waals surface area contributed by atoms with E-state index < -0.39 is 0 Å². The van der Waals surface area contributed by atoms with Crippen molar-refractivity contribution in [3.05, 3.63) is 36.4 Å². The Labute approximate surface area is 148 Å². The Morgan fingerprint density at radius 3 is 2.68 bits per heavy atom. The minimum absolute atomic E-state index is 0.571. The predicted molar refractivity (Wildman–Crippen MR) is 102 cm³/mol. The van der Waals surface area contributed by atoms with Crippen molar-refractivity contribution in [3.8, 4) is 11.1 Å². The number of aryl methyl sites for hydroxylation is 1. The van der Waals surface area contributed by atoms with E-state index in [0.717, 1.165) is 11.2 Å². The highest BCUT2D eigenvalue weighted by Gasteiger charge is 2.23. The molecule has 0 saturated heterocycles. The Hall–Kier alpha value is -2.14. The lowest BCUT2D eigenvalue weighted by molar-refractivity contribution is 0.326.